The van der Waals surface area contributed by atoms with E-state index in [2.05, 4.69) is 5.32 Å². The summed E-state index contributed by atoms with van der Waals surface area (Å²) in [6.45, 7) is 3.08. The number of aliphatic imine (C=N–C) groups is 1. The van der Waals surface area contributed by atoms with Crippen LogP contribution in [0.4, 0.5) is 0 Å². The van der Waals surface area contributed by atoms with Crippen molar-refractivity contribution in [3.8, 4) is 5.75 Å². The Labute approximate surface area is 164 Å². The van der Waals surface area contributed by atoms with Crippen LogP contribution in [0, 0.1) is 6.92 Å². The standard InChI is InChI=1S/C22H23N3O3/c1-15-5-3-6-16(13-15)19-20(26)24-22(23-19)9-11-25(12-10-22)21(27)17-7-4-8-18(14-17)28-2/h3-8,13-14H,9-12H2,1-2H3,(H,24,26). The number of likely N-dealkylation sites (tertiary alicyclic amines) is 1. The molecule has 2 aromatic rings. The molecule has 0 atom stereocenters. The van der Waals surface area contributed by atoms with E-state index in [0.717, 1.165) is 11.1 Å². The van der Waals surface area contributed by atoms with Gasteiger partial charge in [0.05, 0.1) is 7.11 Å². The lowest BCUT2D eigenvalue weighted by Gasteiger charge is -2.37. The topological polar surface area (TPSA) is 71.0 Å². The molecule has 6 heteroatoms. The molecule has 144 valence electrons. The molecule has 0 bridgehead atoms. The van der Waals surface area contributed by atoms with Crippen molar-refractivity contribution < 1.29 is 14.3 Å². The number of amides is 2. The van der Waals surface area contributed by atoms with Crippen molar-refractivity contribution in [2.75, 3.05) is 20.2 Å². The van der Waals surface area contributed by atoms with Gasteiger partial charge in [-0.25, -0.2) is 0 Å². The van der Waals surface area contributed by atoms with Crippen molar-refractivity contribution in [1.29, 1.82) is 0 Å². The second-order valence-corrected chi connectivity index (χ2v) is 7.34. The second kappa shape index (κ2) is 7.11. The van der Waals surface area contributed by atoms with Crippen LogP contribution in [0.3, 0.4) is 0 Å². The van der Waals surface area contributed by atoms with Gasteiger partial charge in [-0.05, 0) is 31.2 Å². The Morgan fingerprint density at radius 2 is 1.89 bits per heavy atom. The van der Waals surface area contributed by atoms with E-state index in [1.54, 1.807) is 19.2 Å². The molecule has 0 saturated carbocycles. The number of carbonyl (C=O) groups is 2. The minimum absolute atomic E-state index is 0.0269. The summed E-state index contributed by atoms with van der Waals surface area (Å²) >= 11 is 0. The first-order valence-electron chi connectivity index (χ1n) is 9.42. The number of hydrogen-bond donors (Lipinski definition) is 1. The Balaban J connectivity index is 1.49. The minimum Gasteiger partial charge on any atom is -0.497 e. The average Bonchev–Trinajstić information content (AvgIpc) is 3.04. The van der Waals surface area contributed by atoms with E-state index >= 15 is 0 Å². The van der Waals surface area contributed by atoms with Gasteiger partial charge < -0.3 is 15.0 Å². The third-order valence-corrected chi connectivity index (χ3v) is 5.37. The van der Waals surface area contributed by atoms with Gasteiger partial charge in [0.25, 0.3) is 11.8 Å². The van der Waals surface area contributed by atoms with Gasteiger partial charge >= 0.3 is 0 Å². The predicted molar refractivity (Wildman–Crippen MR) is 107 cm³/mol. The number of aryl methyl sites for hydroxylation is 1. The van der Waals surface area contributed by atoms with E-state index in [4.69, 9.17) is 9.73 Å². The minimum atomic E-state index is -0.610. The van der Waals surface area contributed by atoms with E-state index in [0.29, 0.717) is 43.0 Å². The van der Waals surface area contributed by atoms with Crippen molar-refractivity contribution in [2.24, 2.45) is 4.99 Å². The van der Waals surface area contributed by atoms with Crippen molar-refractivity contribution in [3.63, 3.8) is 0 Å². The van der Waals surface area contributed by atoms with Crippen molar-refractivity contribution in [2.45, 2.75) is 25.4 Å². The van der Waals surface area contributed by atoms with Crippen LogP contribution >= 0.6 is 0 Å². The van der Waals surface area contributed by atoms with Crippen LogP contribution in [0.1, 0.15) is 34.3 Å². The molecule has 2 heterocycles. The summed E-state index contributed by atoms with van der Waals surface area (Å²) in [6.07, 6.45) is 1.20. The van der Waals surface area contributed by atoms with E-state index in [9.17, 15) is 9.59 Å². The summed E-state index contributed by atoms with van der Waals surface area (Å²) in [5, 5.41) is 3.05. The largest absolute Gasteiger partial charge is 0.497 e. The number of hydrogen-bond acceptors (Lipinski definition) is 4. The summed E-state index contributed by atoms with van der Waals surface area (Å²) in [5.41, 5.74) is 2.41. The monoisotopic (exact) mass is 377 g/mol. The zero-order chi connectivity index (χ0) is 19.7. The molecule has 0 aliphatic carbocycles. The van der Waals surface area contributed by atoms with Gasteiger partial charge in [-0.15, -0.1) is 0 Å². The van der Waals surface area contributed by atoms with Gasteiger partial charge in [0.1, 0.15) is 17.1 Å². The van der Waals surface area contributed by atoms with Crippen LogP contribution in [0.5, 0.6) is 5.75 Å². The average molecular weight is 377 g/mol. The molecular weight excluding hydrogens is 354 g/mol. The number of nitrogens with zero attached hydrogens (tertiary/aromatic N) is 2. The zero-order valence-electron chi connectivity index (χ0n) is 16.1. The Morgan fingerprint density at radius 1 is 1.14 bits per heavy atom. The number of carbonyl (C=O) groups excluding carboxylic acids is 2. The molecule has 0 unspecified atom stereocenters. The molecule has 1 fully saturated rings. The fraction of sp³-hybridized carbons (Fsp3) is 0.318. The molecule has 2 aliphatic rings. The lowest BCUT2D eigenvalue weighted by molar-refractivity contribution is -0.115. The zero-order valence-corrected chi connectivity index (χ0v) is 16.1. The van der Waals surface area contributed by atoms with Gasteiger partial charge in [-0.1, -0.05) is 29.8 Å². The number of nitrogens with one attached hydrogen (secondary N) is 1. The van der Waals surface area contributed by atoms with Crippen molar-refractivity contribution in [3.05, 3.63) is 65.2 Å². The first kappa shape index (κ1) is 18.2. The van der Waals surface area contributed by atoms with E-state index < -0.39 is 5.66 Å². The van der Waals surface area contributed by atoms with Gasteiger partial charge in [0.2, 0.25) is 0 Å². The highest BCUT2D eigenvalue weighted by Gasteiger charge is 2.42. The molecule has 0 aromatic heterocycles. The summed E-state index contributed by atoms with van der Waals surface area (Å²) in [4.78, 5) is 31.9. The number of methoxy groups -OCH3 is 1. The van der Waals surface area contributed by atoms with Crippen molar-refractivity contribution in [1.82, 2.24) is 10.2 Å². The lowest BCUT2D eigenvalue weighted by Crippen LogP contribution is -2.52. The highest BCUT2D eigenvalue weighted by Crippen LogP contribution is 2.30. The Morgan fingerprint density at radius 3 is 2.61 bits per heavy atom. The predicted octanol–water partition coefficient (Wildman–Crippen LogP) is 2.56. The number of ether oxygens (including phenoxy) is 1. The number of rotatable bonds is 3. The van der Waals surface area contributed by atoms with E-state index in [1.807, 2.05) is 48.2 Å². The lowest BCUT2D eigenvalue weighted by atomic mass is 9.97. The second-order valence-electron chi connectivity index (χ2n) is 7.34. The first-order chi connectivity index (χ1) is 13.5. The third-order valence-electron chi connectivity index (χ3n) is 5.37. The Bertz CT molecular complexity index is 959. The smallest absolute Gasteiger partial charge is 0.272 e. The Kier molecular flexibility index (Phi) is 4.63. The van der Waals surface area contributed by atoms with Crippen LogP contribution in [0.2, 0.25) is 0 Å². The maximum Gasteiger partial charge on any atom is 0.272 e. The maximum atomic E-state index is 12.8. The molecule has 2 amide bonds. The summed E-state index contributed by atoms with van der Waals surface area (Å²) in [5.74, 6) is 0.494. The third kappa shape index (κ3) is 3.38. The van der Waals surface area contributed by atoms with E-state index in [-0.39, 0.29) is 11.8 Å². The molecule has 1 spiro atoms. The van der Waals surface area contributed by atoms with Crippen LogP contribution in [0.25, 0.3) is 0 Å². The molecule has 2 aromatic carbocycles. The van der Waals surface area contributed by atoms with Gasteiger partial charge in [0.15, 0.2) is 0 Å². The summed E-state index contributed by atoms with van der Waals surface area (Å²) in [7, 11) is 1.58. The fourth-order valence-corrected chi connectivity index (χ4v) is 3.81. The molecule has 4 rings (SSSR count). The number of piperidine rings is 1. The molecule has 0 radical (unpaired) electrons. The summed E-state index contributed by atoms with van der Waals surface area (Å²) < 4.78 is 5.21. The maximum absolute atomic E-state index is 12.8. The molecular formula is C22H23N3O3. The molecule has 1 saturated heterocycles. The molecule has 1 N–H and O–H groups in total. The number of benzene rings is 2. The first-order valence-corrected chi connectivity index (χ1v) is 9.42. The fourth-order valence-electron chi connectivity index (χ4n) is 3.81. The van der Waals surface area contributed by atoms with E-state index in [1.165, 1.54) is 0 Å². The molecule has 2 aliphatic heterocycles. The van der Waals surface area contributed by atoms with Crippen LogP contribution < -0.4 is 10.1 Å². The Hall–Kier alpha value is -3.15. The van der Waals surface area contributed by atoms with Gasteiger partial charge in [-0.3, -0.25) is 14.6 Å². The SMILES string of the molecule is COc1cccc(C(=O)N2CCC3(CC2)N=C(c2cccc(C)c2)C(=O)N3)c1. The molecule has 28 heavy (non-hydrogen) atoms. The summed E-state index contributed by atoms with van der Waals surface area (Å²) in [6, 6.07) is 15.0. The highest BCUT2D eigenvalue weighted by atomic mass is 16.5. The molecule has 6 nitrogen and oxygen atoms in total. The highest BCUT2D eigenvalue weighted by molar-refractivity contribution is 6.46. The van der Waals surface area contributed by atoms with Crippen LogP contribution in [-0.4, -0.2) is 48.3 Å². The van der Waals surface area contributed by atoms with Crippen LogP contribution in [-0.2, 0) is 4.79 Å². The quantitative estimate of drug-likeness (QED) is 0.894. The van der Waals surface area contributed by atoms with Gasteiger partial charge in [-0.2, -0.15) is 0 Å². The van der Waals surface area contributed by atoms with Gasteiger partial charge in [0, 0.05) is 37.1 Å². The van der Waals surface area contributed by atoms with Crippen molar-refractivity contribution >= 4 is 17.5 Å². The van der Waals surface area contributed by atoms with Crippen LogP contribution in [0.15, 0.2) is 53.5 Å². The normalized spacial score (nSPS) is 18.0.